The molecule has 0 aliphatic rings. The Morgan fingerprint density at radius 2 is 1.81 bits per heavy atom. The molecule has 3 aromatic carbocycles. The molecule has 5 nitrogen and oxygen atoms in total. The van der Waals surface area contributed by atoms with Crippen LogP contribution in [-0.4, -0.2) is 12.1 Å². The van der Waals surface area contributed by atoms with Gasteiger partial charge in [-0.2, -0.15) is 10.4 Å². The zero-order chi connectivity index (χ0) is 22.4. The van der Waals surface area contributed by atoms with Crippen molar-refractivity contribution in [2.45, 2.75) is 13.5 Å². The summed E-state index contributed by atoms with van der Waals surface area (Å²) in [5.41, 5.74) is 5.50. The summed E-state index contributed by atoms with van der Waals surface area (Å²) in [6.07, 6.45) is 1.41. The average Bonchev–Trinajstić information content (AvgIpc) is 2.73. The van der Waals surface area contributed by atoms with Gasteiger partial charge in [-0.3, -0.25) is 4.79 Å². The van der Waals surface area contributed by atoms with E-state index in [1.807, 2.05) is 13.0 Å². The molecule has 31 heavy (non-hydrogen) atoms. The first-order chi connectivity index (χ1) is 14.9. The van der Waals surface area contributed by atoms with E-state index in [4.69, 9.17) is 39.5 Å². The standard InChI is InChI=1S/C23H16Cl3N3O2/c1-14-6-7-18(19(24)8-14)23(30)29-28-12-15-9-20(25)22(21(26)10-15)31-13-17-5-3-2-4-16(17)11-27/h2-10,12H,13H2,1H3,(H,29,30)/b28-12-. The van der Waals surface area contributed by atoms with Crippen molar-refractivity contribution in [3.05, 3.63) is 97.5 Å². The fraction of sp³-hybridized carbons (Fsp3) is 0.0870. The van der Waals surface area contributed by atoms with Crippen molar-refractivity contribution in [1.82, 2.24) is 5.43 Å². The minimum Gasteiger partial charge on any atom is -0.486 e. The second kappa shape index (κ2) is 10.3. The van der Waals surface area contributed by atoms with E-state index in [-0.39, 0.29) is 16.7 Å². The van der Waals surface area contributed by atoms with Crippen LogP contribution in [0.25, 0.3) is 0 Å². The molecule has 0 spiro atoms. The lowest BCUT2D eigenvalue weighted by Crippen LogP contribution is -2.18. The molecule has 0 radical (unpaired) electrons. The first-order valence-electron chi connectivity index (χ1n) is 9.08. The molecule has 0 heterocycles. The molecule has 1 amide bonds. The number of nitrogens with one attached hydrogen (secondary N) is 1. The molecule has 0 atom stereocenters. The molecule has 3 aromatic rings. The number of hydrogen-bond acceptors (Lipinski definition) is 4. The molecule has 0 aliphatic carbocycles. The highest BCUT2D eigenvalue weighted by molar-refractivity contribution is 6.37. The lowest BCUT2D eigenvalue weighted by Gasteiger charge is -2.11. The molecule has 0 unspecified atom stereocenters. The molecule has 0 saturated carbocycles. The predicted molar refractivity (Wildman–Crippen MR) is 123 cm³/mol. The fourth-order valence-electron chi connectivity index (χ4n) is 2.73. The van der Waals surface area contributed by atoms with Gasteiger partial charge in [0.25, 0.3) is 5.91 Å². The van der Waals surface area contributed by atoms with Crippen LogP contribution in [0.5, 0.6) is 5.75 Å². The number of nitriles is 1. The van der Waals surface area contributed by atoms with Crippen molar-refractivity contribution in [3.8, 4) is 11.8 Å². The van der Waals surface area contributed by atoms with Crippen molar-refractivity contribution in [2.75, 3.05) is 0 Å². The summed E-state index contributed by atoms with van der Waals surface area (Å²) in [5, 5.41) is 14.0. The zero-order valence-electron chi connectivity index (χ0n) is 16.3. The maximum absolute atomic E-state index is 12.2. The van der Waals surface area contributed by atoms with E-state index in [1.54, 1.807) is 48.5 Å². The van der Waals surface area contributed by atoms with Crippen LogP contribution in [0.15, 0.2) is 59.7 Å². The first kappa shape index (κ1) is 22.6. The minimum atomic E-state index is -0.436. The van der Waals surface area contributed by atoms with Crippen molar-refractivity contribution >= 4 is 46.9 Å². The predicted octanol–water partition coefficient (Wildman–Crippen LogP) is 6.17. The Balaban J connectivity index is 1.68. The van der Waals surface area contributed by atoms with Gasteiger partial charge >= 0.3 is 0 Å². The Morgan fingerprint density at radius 1 is 1.10 bits per heavy atom. The number of halogens is 3. The molecule has 0 aliphatic heterocycles. The number of nitrogens with zero attached hydrogens (tertiary/aromatic N) is 2. The van der Waals surface area contributed by atoms with Crippen LogP contribution in [0.1, 0.15) is 32.6 Å². The Kier molecular flexibility index (Phi) is 7.54. The first-order valence-corrected chi connectivity index (χ1v) is 10.2. The largest absolute Gasteiger partial charge is 0.486 e. The van der Waals surface area contributed by atoms with Gasteiger partial charge < -0.3 is 4.74 Å². The third kappa shape index (κ3) is 5.77. The van der Waals surface area contributed by atoms with Gasteiger partial charge in [0, 0.05) is 5.56 Å². The van der Waals surface area contributed by atoms with Crippen LogP contribution in [0.2, 0.25) is 15.1 Å². The van der Waals surface area contributed by atoms with Gasteiger partial charge in [-0.05, 0) is 48.4 Å². The minimum absolute atomic E-state index is 0.143. The smallest absolute Gasteiger partial charge is 0.272 e. The van der Waals surface area contributed by atoms with Crippen LogP contribution in [-0.2, 0) is 6.61 Å². The lowest BCUT2D eigenvalue weighted by molar-refractivity contribution is 0.0955. The molecule has 3 rings (SSSR count). The second-order valence-electron chi connectivity index (χ2n) is 6.55. The molecular formula is C23H16Cl3N3O2. The summed E-state index contributed by atoms with van der Waals surface area (Å²) < 4.78 is 5.73. The summed E-state index contributed by atoms with van der Waals surface area (Å²) in [5.74, 6) is -0.141. The Labute approximate surface area is 194 Å². The van der Waals surface area contributed by atoms with Crippen LogP contribution in [0.3, 0.4) is 0 Å². The van der Waals surface area contributed by atoms with Gasteiger partial charge in [0.1, 0.15) is 6.61 Å². The highest BCUT2D eigenvalue weighted by Gasteiger charge is 2.12. The molecule has 156 valence electrons. The van der Waals surface area contributed by atoms with Gasteiger partial charge in [0.15, 0.2) is 5.75 Å². The molecular weight excluding hydrogens is 457 g/mol. The molecule has 0 saturated heterocycles. The van der Waals surface area contributed by atoms with E-state index < -0.39 is 5.91 Å². The van der Waals surface area contributed by atoms with E-state index in [0.29, 0.717) is 27.5 Å². The van der Waals surface area contributed by atoms with E-state index in [9.17, 15) is 10.1 Å². The molecule has 8 heteroatoms. The third-order valence-corrected chi connectivity index (χ3v) is 5.15. The second-order valence-corrected chi connectivity index (χ2v) is 7.78. The van der Waals surface area contributed by atoms with Gasteiger partial charge in [-0.25, -0.2) is 5.43 Å². The number of amides is 1. The van der Waals surface area contributed by atoms with Crippen molar-refractivity contribution in [1.29, 1.82) is 5.26 Å². The summed E-state index contributed by atoms with van der Waals surface area (Å²) in [6.45, 7) is 2.03. The fourth-order valence-corrected chi connectivity index (χ4v) is 3.66. The van der Waals surface area contributed by atoms with E-state index in [2.05, 4.69) is 16.6 Å². The zero-order valence-corrected chi connectivity index (χ0v) is 18.6. The Morgan fingerprint density at radius 3 is 2.48 bits per heavy atom. The number of hydrogen-bond donors (Lipinski definition) is 1. The van der Waals surface area contributed by atoms with Gasteiger partial charge in [-0.15, -0.1) is 0 Å². The number of benzene rings is 3. The maximum atomic E-state index is 12.2. The van der Waals surface area contributed by atoms with Crippen LogP contribution in [0.4, 0.5) is 0 Å². The van der Waals surface area contributed by atoms with Crippen LogP contribution >= 0.6 is 34.8 Å². The van der Waals surface area contributed by atoms with Crippen LogP contribution in [0, 0.1) is 18.3 Å². The number of hydrazone groups is 1. The van der Waals surface area contributed by atoms with E-state index in [1.165, 1.54) is 6.21 Å². The van der Waals surface area contributed by atoms with Gasteiger partial charge in [0.2, 0.25) is 0 Å². The third-order valence-electron chi connectivity index (χ3n) is 4.28. The normalized spacial score (nSPS) is 10.7. The van der Waals surface area contributed by atoms with E-state index in [0.717, 1.165) is 11.1 Å². The van der Waals surface area contributed by atoms with Crippen LogP contribution < -0.4 is 10.2 Å². The molecule has 0 bridgehead atoms. The van der Waals surface area contributed by atoms with Crippen molar-refractivity contribution < 1.29 is 9.53 Å². The van der Waals surface area contributed by atoms with E-state index >= 15 is 0 Å². The SMILES string of the molecule is Cc1ccc(C(=O)N/N=C\c2cc(Cl)c(OCc3ccccc3C#N)c(Cl)c2)c(Cl)c1. The number of aryl methyl sites for hydroxylation is 1. The summed E-state index contributed by atoms with van der Waals surface area (Å²) >= 11 is 18.7. The van der Waals surface area contributed by atoms with Gasteiger partial charge in [0.05, 0.1) is 38.5 Å². The maximum Gasteiger partial charge on any atom is 0.272 e. The molecule has 0 aromatic heterocycles. The lowest BCUT2D eigenvalue weighted by atomic mass is 10.1. The number of carbonyl (C=O) groups excluding carboxylic acids is 1. The van der Waals surface area contributed by atoms with Crippen molar-refractivity contribution in [2.24, 2.45) is 5.10 Å². The highest BCUT2D eigenvalue weighted by atomic mass is 35.5. The topological polar surface area (TPSA) is 74.5 Å². The van der Waals surface area contributed by atoms with Gasteiger partial charge in [-0.1, -0.05) is 59.1 Å². The molecule has 1 N–H and O–H groups in total. The summed E-state index contributed by atoms with van der Waals surface area (Å²) in [4.78, 5) is 12.2. The summed E-state index contributed by atoms with van der Waals surface area (Å²) in [6, 6.07) is 17.5. The number of rotatable bonds is 6. The molecule has 0 fully saturated rings. The number of ether oxygens (including phenoxy) is 1. The Hall–Kier alpha value is -3.04. The monoisotopic (exact) mass is 471 g/mol. The Bertz CT molecular complexity index is 1180. The highest BCUT2D eigenvalue weighted by Crippen LogP contribution is 2.34. The quantitative estimate of drug-likeness (QED) is 0.344. The number of carbonyl (C=O) groups is 1. The van der Waals surface area contributed by atoms with Crippen molar-refractivity contribution in [3.63, 3.8) is 0 Å². The average molecular weight is 473 g/mol. The summed E-state index contributed by atoms with van der Waals surface area (Å²) in [7, 11) is 0.